The van der Waals surface area contributed by atoms with Crippen LogP contribution in [0.5, 0.6) is 11.5 Å². The predicted octanol–water partition coefficient (Wildman–Crippen LogP) is 6.33. The summed E-state index contributed by atoms with van der Waals surface area (Å²) >= 11 is 3.61. The molecule has 3 N–H and O–H groups in total. The molecule has 2 aromatic heterocycles. The summed E-state index contributed by atoms with van der Waals surface area (Å²) < 4.78 is 16.1. The zero-order valence-electron chi connectivity index (χ0n) is 34.6. The minimum absolute atomic E-state index is 0.0214. The normalized spacial score (nSPS) is 16.0. The zero-order valence-corrected chi connectivity index (χ0v) is 37.1. The number of rotatable bonds is 16. The van der Waals surface area contributed by atoms with Gasteiger partial charge in [-0.15, -0.1) is 33.3 Å². The van der Waals surface area contributed by atoms with Crippen LogP contribution in [0, 0.1) is 0 Å². The Morgan fingerprint density at radius 1 is 0.892 bits per heavy atom. The van der Waals surface area contributed by atoms with Gasteiger partial charge in [0.1, 0.15) is 35.5 Å². The highest BCUT2D eigenvalue weighted by atomic mass is 32.2. The fraction of sp³-hybridized carbons (Fsp3) is 0.178. The maximum atomic E-state index is 13.9. The second-order valence-corrected chi connectivity index (χ2v) is 17.2. The number of carbonyl (C=O) groups excluding carboxylic acids is 4. The fourth-order valence-electron chi connectivity index (χ4n) is 7.33. The topological polar surface area (TPSA) is 225 Å². The number of carbonyl (C=O) groups is 5. The quantitative estimate of drug-likeness (QED) is 0.0183. The second kappa shape index (κ2) is 19.2. The molecular formula is C45H37N7O10S3. The minimum atomic E-state index is -1.32. The highest BCUT2D eigenvalue weighted by Gasteiger charge is 2.54. The summed E-state index contributed by atoms with van der Waals surface area (Å²) in [6.07, 6.45) is 0. The molecule has 0 spiro atoms. The van der Waals surface area contributed by atoms with Crippen molar-refractivity contribution in [3.8, 4) is 23.0 Å². The monoisotopic (exact) mass is 931 g/mol. The number of aliphatic carboxylic acids is 1. The van der Waals surface area contributed by atoms with E-state index < -0.39 is 46.7 Å². The molecule has 65 heavy (non-hydrogen) atoms. The largest absolute Gasteiger partial charge is 0.477 e. The van der Waals surface area contributed by atoms with Crippen LogP contribution >= 0.6 is 34.9 Å². The summed E-state index contributed by atoms with van der Waals surface area (Å²) in [6, 6.07) is 33.2. The van der Waals surface area contributed by atoms with E-state index in [0.29, 0.717) is 16.3 Å². The van der Waals surface area contributed by atoms with E-state index in [9.17, 15) is 29.1 Å². The molecule has 1 fully saturated rings. The van der Waals surface area contributed by atoms with Crippen molar-refractivity contribution in [3.63, 3.8) is 0 Å². The number of hydrogen-bond acceptors (Lipinski definition) is 17. The summed E-state index contributed by atoms with van der Waals surface area (Å²) in [6.45, 7) is 2.40. The molecule has 330 valence electrons. The first-order valence-corrected chi connectivity index (χ1v) is 22.6. The van der Waals surface area contributed by atoms with E-state index in [1.807, 2.05) is 91.0 Å². The number of hydrogen-bond donors (Lipinski definition) is 3. The van der Waals surface area contributed by atoms with Gasteiger partial charge in [0.25, 0.3) is 17.0 Å². The van der Waals surface area contributed by atoms with Gasteiger partial charge in [0.15, 0.2) is 22.3 Å². The average Bonchev–Trinajstić information content (AvgIpc) is 3.99. The lowest BCUT2D eigenvalue weighted by Gasteiger charge is -2.49. The number of esters is 2. The van der Waals surface area contributed by atoms with Crippen LogP contribution < -0.4 is 20.1 Å². The maximum absolute atomic E-state index is 13.9. The standard InChI is InChI=1S/C45H37N7O10S3/c1-25(53)60-33-20-19-27(21-34(33)61-26(2)54)39-49-50-44(62-39)65-23-28-22-63-41-36(40(56)52(41)37(28)42(57)58)47-38(55)35(51-59-3)32-24-64-43(46-32)48-45(29-13-7-4-8-14-29,30-15-9-5-10-16-30)31-17-11-6-12-18-31/h4-21,24,36,41H,22-23H2,1-3H3,(H,46,48)(H,47,55)(H,57,58)/t36-,41+/m1/s1. The van der Waals surface area contributed by atoms with Crippen LogP contribution in [-0.4, -0.2) is 90.7 Å². The molecule has 1 saturated heterocycles. The highest BCUT2D eigenvalue weighted by molar-refractivity contribution is 8.01. The Kier molecular flexibility index (Phi) is 13.1. The van der Waals surface area contributed by atoms with E-state index in [2.05, 4.69) is 26.0 Å². The van der Waals surface area contributed by atoms with E-state index >= 15 is 0 Å². The zero-order chi connectivity index (χ0) is 45.7. The van der Waals surface area contributed by atoms with Crippen molar-refractivity contribution in [1.29, 1.82) is 0 Å². The molecular weight excluding hydrogens is 895 g/mol. The van der Waals surface area contributed by atoms with Gasteiger partial charge in [-0.3, -0.25) is 24.1 Å². The lowest BCUT2D eigenvalue weighted by molar-refractivity contribution is -0.150. The SMILES string of the molecule is CON=C(C(=O)N[C@@H]1C(=O)N2C(C(=O)O)=C(CSc3nnc(-c4ccc(OC(C)=O)c(OC(C)=O)c4)o3)CS[C@@H]12)c1csc(NC(c2ccccc2)(c2ccccc2)c2ccccc2)n1. The Balaban J connectivity index is 0.970. The third-order valence-corrected chi connectivity index (χ3v) is 13.1. The fourth-order valence-corrected chi connectivity index (χ4v) is 10.3. The lowest BCUT2D eigenvalue weighted by atomic mass is 9.77. The van der Waals surface area contributed by atoms with Gasteiger partial charge in [-0.2, -0.15) is 0 Å². The molecule has 2 amide bonds. The highest BCUT2D eigenvalue weighted by Crippen LogP contribution is 2.43. The molecule has 0 radical (unpaired) electrons. The molecule has 2 aliphatic heterocycles. The summed E-state index contributed by atoms with van der Waals surface area (Å²) in [5.74, 6) is -3.58. The number of anilines is 1. The second-order valence-electron chi connectivity index (χ2n) is 14.3. The summed E-state index contributed by atoms with van der Waals surface area (Å²) in [5, 5.41) is 30.4. The van der Waals surface area contributed by atoms with Gasteiger partial charge >= 0.3 is 17.9 Å². The van der Waals surface area contributed by atoms with Crippen molar-refractivity contribution in [2.75, 3.05) is 23.9 Å². The Bertz CT molecular complexity index is 2740. The third-order valence-electron chi connectivity index (χ3n) is 10.1. The van der Waals surface area contributed by atoms with E-state index in [-0.39, 0.29) is 51.2 Å². The van der Waals surface area contributed by atoms with Gasteiger partial charge in [-0.05, 0) is 40.5 Å². The number of nitrogens with zero attached hydrogens (tertiary/aromatic N) is 5. The van der Waals surface area contributed by atoms with E-state index in [0.717, 1.165) is 33.4 Å². The van der Waals surface area contributed by atoms with Crippen molar-refractivity contribution >= 4 is 75.4 Å². The number of nitrogens with one attached hydrogen (secondary N) is 2. The van der Waals surface area contributed by atoms with E-state index in [1.165, 1.54) is 62.3 Å². The molecule has 2 aliphatic rings. The van der Waals surface area contributed by atoms with Crippen molar-refractivity contribution < 1.29 is 47.8 Å². The first-order valence-electron chi connectivity index (χ1n) is 19.7. The van der Waals surface area contributed by atoms with Crippen molar-refractivity contribution in [2.24, 2.45) is 5.16 Å². The van der Waals surface area contributed by atoms with Gasteiger partial charge < -0.3 is 34.5 Å². The van der Waals surface area contributed by atoms with Crippen LogP contribution in [0.4, 0.5) is 5.13 Å². The van der Waals surface area contributed by atoms with Crippen LogP contribution in [0.3, 0.4) is 0 Å². The lowest BCUT2D eigenvalue weighted by Crippen LogP contribution is -2.71. The van der Waals surface area contributed by atoms with Crippen molar-refractivity contribution in [3.05, 3.63) is 148 Å². The number of oxime groups is 1. The number of aromatic nitrogens is 3. The van der Waals surface area contributed by atoms with Crippen LogP contribution in [0.1, 0.15) is 36.2 Å². The summed E-state index contributed by atoms with van der Waals surface area (Å²) in [4.78, 5) is 74.5. The van der Waals surface area contributed by atoms with E-state index in [1.54, 1.807) is 5.38 Å². The number of thioether (sulfide) groups is 2. The third kappa shape index (κ3) is 9.22. The van der Waals surface area contributed by atoms with Crippen LogP contribution in [-0.2, 0) is 34.3 Å². The first-order chi connectivity index (χ1) is 31.5. The number of thiazole rings is 1. The number of amides is 2. The van der Waals surface area contributed by atoms with Crippen LogP contribution in [0.15, 0.2) is 141 Å². The predicted molar refractivity (Wildman–Crippen MR) is 241 cm³/mol. The van der Waals surface area contributed by atoms with Gasteiger partial charge in [0, 0.05) is 36.3 Å². The van der Waals surface area contributed by atoms with Gasteiger partial charge in [-0.1, -0.05) is 108 Å². The average molecular weight is 932 g/mol. The van der Waals surface area contributed by atoms with Gasteiger partial charge in [0.05, 0.1) is 0 Å². The smallest absolute Gasteiger partial charge is 0.352 e. The molecule has 0 unspecified atom stereocenters. The van der Waals surface area contributed by atoms with Crippen LogP contribution in [0.25, 0.3) is 11.5 Å². The Labute approximate surface area is 383 Å². The molecule has 4 aromatic carbocycles. The molecule has 4 heterocycles. The van der Waals surface area contributed by atoms with E-state index in [4.69, 9.17) is 23.7 Å². The molecule has 8 rings (SSSR count). The minimum Gasteiger partial charge on any atom is -0.477 e. The Hall–Kier alpha value is -7.29. The Morgan fingerprint density at radius 2 is 1.51 bits per heavy atom. The summed E-state index contributed by atoms with van der Waals surface area (Å²) in [7, 11) is 1.29. The first kappa shape index (κ1) is 44.3. The molecule has 17 nitrogen and oxygen atoms in total. The Morgan fingerprint density at radius 3 is 2.09 bits per heavy atom. The van der Waals surface area contributed by atoms with Gasteiger partial charge in [0.2, 0.25) is 5.89 Å². The van der Waals surface area contributed by atoms with Crippen molar-refractivity contribution in [2.45, 2.75) is 36.0 Å². The number of fused-ring (bicyclic) bond motifs is 1. The number of β-lactam (4-membered cyclic amide) rings is 1. The van der Waals surface area contributed by atoms with Crippen LogP contribution in [0.2, 0.25) is 0 Å². The number of carboxylic acid groups (broad SMARTS) is 1. The maximum Gasteiger partial charge on any atom is 0.352 e. The molecule has 0 saturated carbocycles. The number of benzene rings is 4. The molecule has 2 atom stereocenters. The molecule has 20 heteroatoms. The van der Waals surface area contributed by atoms with Gasteiger partial charge in [-0.25, -0.2) is 9.78 Å². The van der Waals surface area contributed by atoms with Crippen molar-refractivity contribution in [1.82, 2.24) is 25.4 Å². The number of ether oxygens (including phenoxy) is 2. The molecule has 0 bridgehead atoms. The molecule has 6 aromatic rings. The summed E-state index contributed by atoms with van der Waals surface area (Å²) in [5.41, 5.74) is 2.56. The molecule has 0 aliphatic carbocycles. The number of carboxylic acids is 1.